The molecule has 0 bridgehead atoms. The molecule has 0 aliphatic rings. The lowest BCUT2D eigenvalue weighted by Crippen LogP contribution is -2.03. The van der Waals surface area contributed by atoms with Crippen molar-refractivity contribution < 1.29 is 9.90 Å². The van der Waals surface area contributed by atoms with Gasteiger partial charge in [0.25, 0.3) is 0 Å². The Kier molecular flexibility index (Phi) is 1.88. The SMILES string of the molecule is CCc1nc2nc(C(=O)O)ncc2[nH]1. The number of imidazole rings is 1. The van der Waals surface area contributed by atoms with Gasteiger partial charge in [0.05, 0.1) is 6.20 Å². The highest BCUT2D eigenvalue weighted by atomic mass is 16.4. The quantitative estimate of drug-likeness (QED) is 0.727. The smallest absolute Gasteiger partial charge is 0.374 e. The fourth-order valence-electron chi connectivity index (χ4n) is 1.13. The predicted octanol–water partition coefficient (Wildman–Crippen LogP) is 0.613. The standard InChI is InChI=1S/C8H8N4O2/c1-2-5-10-4-3-9-7(8(13)14)12-6(4)11-5/h3H,2H2,1H3,(H,13,14)(H,9,10,11,12). The number of aromatic nitrogens is 4. The van der Waals surface area contributed by atoms with Crippen molar-refractivity contribution in [3.05, 3.63) is 17.8 Å². The summed E-state index contributed by atoms with van der Waals surface area (Å²) in [6, 6.07) is 0. The second-order valence-electron chi connectivity index (χ2n) is 2.77. The second kappa shape index (κ2) is 3.06. The number of aromatic amines is 1. The molecular formula is C8H8N4O2. The van der Waals surface area contributed by atoms with Crippen LogP contribution in [0.4, 0.5) is 0 Å². The Morgan fingerprint density at radius 1 is 1.57 bits per heavy atom. The molecule has 0 fully saturated rings. The molecular weight excluding hydrogens is 184 g/mol. The number of rotatable bonds is 2. The maximum absolute atomic E-state index is 10.6. The number of carbonyl (C=O) groups is 1. The van der Waals surface area contributed by atoms with Crippen molar-refractivity contribution >= 4 is 17.1 Å². The monoisotopic (exact) mass is 192 g/mol. The van der Waals surface area contributed by atoms with Crippen LogP contribution in [0.3, 0.4) is 0 Å². The third kappa shape index (κ3) is 1.30. The molecule has 0 atom stereocenters. The summed E-state index contributed by atoms with van der Waals surface area (Å²) in [6.07, 6.45) is 2.18. The summed E-state index contributed by atoms with van der Waals surface area (Å²) in [4.78, 5) is 25.1. The van der Waals surface area contributed by atoms with Crippen molar-refractivity contribution in [2.75, 3.05) is 0 Å². The molecule has 2 aromatic rings. The topological polar surface area (TPSA) is 91.8 Å². The maximum Gasteiger partial charge on any atom is 0.374 e. The highest BCUT2D eigenvalue weighted by Gasteiger charge is 2.09. The van der Waals surface area contributed by atoms with E-state index in [-0.39, 0.29) is 5.82 Å². The molecule has 0 spiro atoms. The van der Waals surface area contributed by atoms with E-state index in [1.807, 2.05) is 6.92 Å². The summed E-state index contributed by atoms with van der Waals surface area (Å²) in [7, 11) is 0. The summed E-state index contributed by atoms with van der Waals surface area (Å²) < 4.78 is 0. The van der Waals surface area contributed by atoms with Gasteiger partial charge in [-0.05, 0) is 0 Å². The molecule has 0 amide bonds. The molecule has 72 valence electrons. The normalized spacial score (nSPS) is 10.6. The predicted molar refractivity (Wildman–Crippen MR) is 48.0 cm³/mol. The Hall–Kier alpha value is -1.98. The van der Waals surface area contributed by atoms with Crippen LogP contribution in [-0.4, -0.2) is 31.0 Å². The third-order valence-corrected chi connectivity index (χ3v) is 1.81. The summed E-state index contributed by atoms with van der Waals surface area (Å²) in [6.45, 7) is 1.95. The van der Waals surface area contributed by atoms with Crippen LogP contribution in [-0.2, 0) is 6.42 Å². The van der Waals surface area contributed by atoms with Crippen LogP contribution in [0.15, 0.2) is 6.20 Å². The number of H-pyrrole nitrogens is 1. The molecule has 2 aromatic heterocycles. The van der Waals surface area contributed by atoms with Crippen LogP contribution < -0.4 is 0 Å². The number of aryl methyl sites for hydroxylation is 1. The average molecular weight is 192 g/mol. The van der Waals surface area contributed by atoms with Gasteiger partial charge in [0.15, 0.2) is 5.65 Å². The Morgan fingerprint density at radius 3 is 3.00 bits per heavy atom. The third-order valence-electron chi connectivity index (χ3n) is 1.81. The van der Waals surface area contributed by atoms with E-state index in [1.165, 1.54) is 6.20 Å². The molecule has 2 N–H and O–H groups in total. The second-order valence-corrected chi connectivity index (χ2v) is 2.77. The van der Waals surface area contributed by atoms with E-state index >= 15 is 0 Å². The minimum Gasteiger partial charge on any atom is -0.475 e. The van der Waals surface area contributed by atoms with E-state index in [0.717, 1.165) is 12.2 Å². The Bertz CT molecular complexity index is 491. The van der Waals surface area contributed by atoms with Gasteiger partial charge in [-0.2, -0.15) is 0 Å². The largest absolute Gasteiger partial charge is 0.475 e. The molecule has 0 radical (unpaired) electrons. The Labute approximate surface area is 79.0 Å². The molecule has 0 saturated heterocycles. The lowest BCUT2D eigenvalue weighted by atomic mass is 10.5. The number of carboxylic acids is 1. The zero-order valence-corrected chi connectivity index (χ0v) is 7.48. The van der Waals surface area contributed by atoms with E-state index in [1.54, 1.807) is 0 Å². The molecule has 0 aliphatic carbocycles. The average Bonchev–Trinajstić information content (AvgIpc) is 2.58. The van der Waals surface area contributed by atoms with Gasteiger partial charge in [-0.15, -0.1) is 0 Å². The lowest BCUT2D eigenvalue weighted by molar-refractivity contribution is 0.0684. The van der Waals surface area contributed by atoms with Gasteiger partial charge in [-0.25, -0.2) is 19.7 Å². The number of fused-ring (bicyclic) bond motifs is 1. The molecule has 0 aliphatic heterocycles. The highest BCUT2D eigenvalue weighted by Crippen LogP contribution is 2.07. The summed E-state index contributed by atoms with van der Waals surface area (Å²) >= 11 is 0. The molecule has 14 heavy (non-hydrogen) atoms. The van der Waals surface area contributed by atoms with Gasteiger partial charge < -0.3 is 10.1 Å². The number of aromatic carboxylic acids is 1. The van der Waals surface area contributed by atoms with Crippen molar-refractivity contribution in [3.63, 3.8) is 0 Å². The van der Waals surface area contributed by atoms with Crippen LogP contribution in [0.5, 0.6) is 0 Å². The number of nitrogens with one attached hydrogen (secondary N) is 1. The van der Waals surface area contributed by atoms with Crippen LogP contribution in [0.25, 0.3) is 11.2 Å². The van der Waals surface area contributed by atoms with Crippen LogP contribution in [0.2, 0.25) is 0 Å². The molecule has 0 unspecified atom stereocenters. The van der Waals surface area contributed by atoms with Crippen molar-refractivity contribution in [1.82, 2.24) is 19.9 Å². The van der Waals surface area contributed by atoms with Gasteiger partial charge in [0.2, 0.25) is 5.82 Å². The zero-order chi connectivity index (χ0) is 10.1. The van der Waals surface area contributed by atoms with E-state index in [0.29, 0.717) is 11.2 Å². The highest BCUT2D eigenvalue weighted by molar-refractivity contribution is 5.85. The molecule has 6 nitrogen and oxygen atoms in total. The van der Waals surface area contributed by atoms with Gasteiger partial charge in [0.1, 0.15) is 11.3 Å². The zero-order valence-electron chi connectivity index (χ0n) is 7.48. The fourth-order valence-corrected chi connectivity index (χ4v) is 1.13. The van der Waals surface area contributed by atoms with Gasteiger partial charge in [-0.3, -0.25) is 0 Å². The summed E-state index contributed by atoms with van der Waals surface area (Å²) in [5, 5.41) is 8.65. The van der Waals surface area contributed by atoms with Crippen molar-refractivity contribution in [2.24, 2.45) is 0 Å². The Morgan fingerprint density at radius 2 is 2.36 bits per heavy atom. The van der Waals surface area contributed by atoms with Gasteiger partial charge >= 0.3 is 5.97 Å². The van der Waals surface area contributed by atoms with Gasteiger partial charge in [0, 0.05) is 6.42 Å². The van der Waals surface area contributed by atoms with Crippen LogP contribution >= 0.6 is 0 Å². The van der Waals surface area contributed by atoms with Crippen molar-refractivity contribution in [3.8, 4) is 0 Å². The lowest BCUT2D eigenvalue weighted by Gasteiger charge is -1.90. The molecule has 2 rings (SSSR count). The number of nitrogens with zero attached hydrogens (tertiary/aromatic N) is 3. The fraction of sp³-hybridized carbons (Fsp3) is 0.250. The van der Waals surface area contributed by atoms with Crippen molar-refractivity contribution in [1.29, 1.82) is 0 Å². The minimum atomic E-state index is -1.15. The van der Waals surface area contributed by atoms with Crippen LogP contribution in [0.1, 0.15) is 23.4 Å². The molecule has 0 saturated carbocycles. The number of carboxylic acid groups (broad SMARTS) is 1. The molecule has 0 aromatic carbocycles. The maximum atomic E-state index is 10.6. The molecule has 6 heteroatoms. The minimum absolute atomic E-state index is 0.230. The van der Waals surface area contributed by atoms with Gasteiger partial charge in [-0.1, -0.05) is 6.92 Å². The van der Waals surface area contributed by atoms with E-state index in [4.69, 9.17) is 5.11 Å². The van der Waals surface area contributed by atoms with Crippen LogP contribution in [0, 0.1) is 0 Å². The van der Waals surface area contributed by atoms with E-state index in [2.05, 4.69) is 19.9 Å². The first-order chi connectivity index (χ1) is 6.70. The van der Waals surface area contributed by atoms with E-state index in [9.17, 15) is 4.79 Å². The molecule has 2 heterocycles. The summed E-state index contributed by atoms with van der Waals surface area (Å²) in [5.74, 6) is -0.601. The summed E-state index contributed by atoms with van der Waals surface area (Å²) in [5.41, 5.74) is 1.06. The van der Waals surface area contributed by atoms with Crippen molar-refractivity contribution in [2.45, 2.75) is 13.3 Å². The number of hydrogen-bond acceptors (Lipinski definition) is 4. The number of hydrogen-bond donors (Lipinski definition) is 2. The Balaban J connectivity index is 2.59. The first-order valence-electron chi connectivity index (χ1n) is 4.15. The first kappa shape index (κ1) is 8.61. The first-order valence-corrected chi connectivity index (χ1v) is 4.15. The van der Waals surface area contributed by atoms with E-state index < -0.39 is 5.97 Å².